The summed E-state index contributed by atoms with van der Waals surface area (Å²) in [5.41, 5.74) is 3.99. The molecule has 1 nitrogen and oxygen atoms in total. The third kappa shape index (κ3) is 3.16. The Labute approximate surface area is 104 Å². The average Bonchev–Trinajstić information content (AvgIpc) is 2.29. The lowest BCUT2D eigenvalue weighted by atomic mass is 9.87. The first-order valence-electron chi connectivity index (χ1n) is 6.05. The Morgan fingerprint density at radius 1 is 1.00 bits per heavy atom. The zero-order valence-corrected chi connectivity index (χ0v) is 10.8. The van der Waals surface area contributed by atoms with E-state index in [2.05, 4.69) is 62.2 Å². The second-order valence-corrected chi connectivity index (χ2v) is 5.45. The van der Waals surface area contributed by atoms with Gasteiger partial charge in [-0.3, -0.25) is 4.98 Å². The number of hydrogen-bond donors (Lipinski definition) is 0. The van der Waals surface area contributed by atoms with Crippen molar-refractivity contribution in [3.63, 3.8) is 0 Å². The molecule has 1 aromatic carbocycles. The highest BCUT2D eigenvalue weighted by Crippen LogP contribution is 2.22. The maximum Gasteiger partial charge on any atom is 0.0450 e. The van der Waals surface area contributed by atoms with Crippen molar-refractivity contribution in [2.75, 3.05) is 0 Å². The topological polar surface area (TPSA) is 12.9 Å². The molecule has 1 aromatic heterocycles. The lowest BCUT2D eigenvalue weighted by molar-refractivity contribution is 0.588. The summed E-state index contributed by atoms with van der Waals surface area (Å²) >= 11 is 0. The van der Waals surface area contributed by atoms with Gasteiger partial charge in [0.2, 0.25) is 0 Å². The number of benzene rings is 1. The van der Waals surface area contributed by atoms with Crippen molar-refractivity contribution in [1.29, 1.82) is 0 Å². The van der Waals surface area contributed by atoms with Crippen LogP contribution in [0, 0.1) is 0 Å². The highest BCUT2D eigenvalue weighted by molar-refractivity contribution is 5.27. The van der Waals surface area contributed by atoms with Crippen molar-refractivity contribution in [2.24, 2.45) is 0 Å². The molecule has 0 N–H and O–H groups in total. The van der Waals surface area contributed by atoms with E-state index >= 15 is 0 Å². The molecule has 0 aliphatic rings. The minimum Gasteiger partial charge on any atom is -0.261 e. The molecule has 0 aliphatic heterocycles. The summed E-state index contributed by atoms with van der Waals surface area (Å²) in [6, 6.07) is 14.8. The minimum absolute atomic E-state index is 0.189. The summed E-state index contributed by atoms with van der Waals surface area (Å²) in [6.45, 7) is 6.69. The molecular formula is C16H19N. The van der Waals surface area contributed by atoms with Crippen molar-refractivity contribution in [3.05, 3.63) is 65.5 Å². The van der Waals surface area contributed by atoms with E-state index in [1.165, 1.54) is 11.1 Å². The predicted octanol–water partition coefficient (Wildman–Crippen LogP) is 3.97. The molecule has 0 radical (unpaired) electrons. The molecule has 0 spiro atoms. The van der Waals surface area contributed by atoms with Gasteiger partial charge in [-0.1, -0.05) is 51.1 Å². The van der Waals surface area contributed by atoms with E-state index in [-0.39, 0.29) is 5.41 Å². The molecule has 0 amide bonds. The molecule has 2 aromatic rings. The Kier molecular flexibility index (Phi) is 3.28. The normalized spacial score (nSPS) is 11.5. The molecule has 0 aliphatic carbocycles. The first-order valence-corrected chi connectivity index (χ1v) is 6.05. The summed E-state index contributed by atoms with van der Waals surface area (Å²) in [4.78, 5) is 4.45. The van der Waals surface area contributed by atoms with E-state index in [9.17, 15) is 0 Å². The number of pyridine rings is 1. The fourth-order valence-corrected chi connectivity index (χ4v) is 1.85. The second-order valence-electron chi connectivity index (χ2n) is 5.45. The summed E-state index contributed by atoms with van der Waals surface area (Å²) in [5.74, 6) is 0. The molecule has 88 valence electrons. The van der Waals surface area contributed by atoms with Crippen molar-refractivity contribution in [3.8, 4) is 0 Å². The number of rotatable bonds is 2. The monoisotopic (exact) mass is 225 g/mol. The van der Waals surface area contributed by atoms with Crippen LogP contribution in [-0.2, 0) is 11.8 Å². The average molecular weight is 225 g/mol. The minimum atomic E-state index is 0.189. The van der Waals surface area contributed by atoms with E-state index in [1.54, 1.807) is 0 Å². The van der Waals surface area contributed by atoms with E-state index in [0.29, 0.717) is 0 Å². The summed E-state index contributed by atoms with van der Waals surface area (Å²) in [7, 11) is 0. The molecule has 1 heteroatoms. The van der Waals surface area contributed by atoms with Gasteiger partial charge < -0.3 is 0 Å². The van der Waals surface area contributed by atoms with Gasteiger partial charge in [0.15, 0.2) is 0 Å². The number of aromatic nitrogens is 1. The number of hydrogen-bond acceptors (Lipinski definition) is 1. The van der Waals surface area contributed by atoms with Gasteiger partial charge in [0, 0.05) is 18.3 Å². The first kappa shape index (κ1) is 11.8. The molecule has 0 unspecified atom stereocenters. The van der Waals surface area contributed by atoms with Gasteiger partial charge in [-0.2, -0.15) is 0 Å². The van der Waals surface area contributed by atoms with Gasteiger partial charge in [-0.25, -0.2) is 0 Å². The van der Waals surface area contributed by atoms with Crippen LogP contribution in [0.15, 0.2) is 48.7 Å². The highest BCUT2D eigenvalue weighted by Gasteiger charge is 2.13. The number of nitrogens with zero attached hydrogens (tertiary/aromatic N) is 1. The maximum absolute atomic E-state index is 4.45. The van der Waals surface area contributed by atoms with Gasteiger partial charge in [-0.15, -0.1) is 0 Å². The van der Waals surface area contributed by atoms with Gasteiger partial charge in [0.1, 0.15) is 0 Å². The first-order chi connectivity index (χ1) is 8.05. The van der Waals surface area contributed by atoms with Crippen LogP contribution in [-0.4, -0.2) is 4.98 Å². The van der Waals surface area contributed by atoms with Crippen molar-refractivity contribution < 1.29 is 0 Å². The summed E-state index contributed by atoms with van der Waals surface area (Å²) in [5, 5.41) is 0. The third-order valence-electron chi connectivity index (χ3n) is 2.91. The van der Waals surface area contributed by atoms with Gasteiger partial charge in [0.05, 0.1) is 0 Å². The maximum atomic E-state index is 4.45. The van der Waals surface area contributed by atoms with Gasteiger partial charge in [-0.05, 0) is 28.7 Å². The van der Waals surface area contributed by atoms with Crippen LogP contribution in [0.3, 0.4) is 0 Å². The van der Waals surface area contributed by atoms with Crippen LogP contribution in [0.5, 0.6) is 0 Å². The van der Waals surface area contributed by atoms with Crippen LogP contribution in [0.1, 0.15) is 37.6 Å². The third-order valence-corrected chi connectivity index (χ3v) is 2.91. The Balaban J connectivity index is 2.23. The van der Waals surface area contributed by atoms with Gasteiger partial charge >= 0.3 is 0 Å². The van der Waals surface area contributed by atoms with E-state index in [0.717, 1.165) is 12.1 Å². The summed E-state index contributed by atoms with van der Waals surface area (Å²) in [6.07, 6.45) is 2.82. The molecule has 2 rings (SSSR count). The van der Waals surface area contributed by atoms with Crippen molar-refractivity contribution >= 4 is 0 Å². The van der Waals surface area contributed by atoms with Crippen LogP contribution >= 0.6 is 0 Å². The molecule has 0 saturated carbocycles. The van der Waals surface area contributed by atoms with Crippen LogP contribution < -0.4 is 0 Å². The Hall–Kier alpha value is -1.63. The van der Waals surface area contributed by atoms with E-state index in [4.69, 9.17) is 0 Å². The molecule has 0 bridgehead atoms. The molecule has 0 saturated heterocycles. The molecule has 17 heavy (non-hydrogen) atoms. The lowest BCUT2D eigenvalue weighted by Gasteiger charge is -2.19. The SMILES string of the molecule is CC(C)(C)c1ccnc(Cc2ccccc2)c1. The molecule has 0 fully saturated rings. The molecule has 0 atom stereocenters. The standard InChI is InChI=1S/C16H19N/c1-16(2,3)14-9-10-17-15(12-14)11-13-7-5-4-6-8-13/h4-10,12H,11H2,1-3H3. The lowest BCUT2D eigenvalue weighted by Crippen LogP contribution is -2.11. The van der Waals surface area contributed by atoms with Crippen LogP contribution in [0.2, 0.25) is 0 Å². The Morgan fingerprint density at radius 2 is 1.71 bits per heavy atom. The smallest absolute Gasteiger partial charge is 0.0450 e. The molecule has 1 heterocycles. The van der Waals surface area contributed by atoms with Gasteiger partial charge in [0.25, 0.3) is 0 Å². The fraction of sp³-hybridized carbons (Fsp3) is 0.312. The fourth-order valence-electron chi connectivity index (χ4n) is 1.85. The van der Waals surface area contributed by atoms with E-state index in [1.807, 2.05) is 12.3 Å². The largest absolute Gasteiger partial charge is 0.261 e. The summed E-state index contributed by atoms with van der Waals surface area (Å²) < 4.78 is 0. The van der Waals surface area contributed by atoms with Crippen molar-refractivity contribution in [2.45, 2.75) is 32.6 Å². The highest BCUT2D eigenvalue weighted by atomic mass is 14.7. The van der Waals surface area contributed by atoms with Crippen LogP contribution in [0.25, 0.3) is 0 Å². The Morgan fingerprint density at radius 3 is 2.35 bits per heavy atom. The second kappa shape index (κ2) is 4.70. The predicted molar refractivity (Wildman–Crippen MR) is 72.2 cm³/mol. The Bertz CT molecular complexity index is 480. The van der Waals surface area contributed by atoms with Crippen LogP contribution in [0.4, 0.5) is 0 Å². The zero-order valence-electron chi connectivity index (χ0n) is 10.8. The molecular weight excluding hydrogens is 206 g/mol. The van der Waals surface area contributed by atoms with Crippen molar-refractivity contribution in [1.82, 2.24) is 4.98 Å². The zero-order chi connectivity index (χ0) is 12.3. The quantitative estimate of drug-likeness (QED) is 0.753. The van der Waals surface area contributed by atoms with E-state index < -0.39 is 0 Å².